The van der Waals surface area contributed by atoms with Crippen LogP contribution in [-0.2, 0) is 11.3 Å². The van der Waals surface area contributed by atoms with Gasteiger partial charge in [-0.25, -0.2) is 0 Å². The maximum atomic E-state index is 11.5. The number of rotatable bonds is 4. The Morgan fingerprint density at radius 3 is 2.62 bits per heavy atom. The van der Waals surface area contributed by atoms with Gasteiger partial charge in [0, 0.05) is 12.6 Å². The fourth-order valence-electron chi connectivity index (χ4n) is 1.58. The van der Waals surface area contributed by atoms with Crippen LogP contribution in [0.15, 0.2) is 24.3 Å². The third-order valence-electron chi connectivity index (χ3n) is 2.80. The first kappa shape index (κ1) is 11.0. The van der Waals surface area contributed by atoms with Crippen molar-refractivity contribution in [2.45, 2.75) is 19.0 Å². The van der Waals surface area contributed by atoms with E-state index in [9.17, 15) is 4.79 Å². The smallest absolute Gasteiger partial charge is 0.225 e. The lowest BCUT2D eigenvalue weighted by molar-refractivity contribution is -0.122. The van der Waals surface area contributed by atoms with E-state index in [1.54, 1.807) is 7.11 Å². The first-order valence-electron chi connectivity index (χ1n) is 5.37. The molecule has 0 aromatic heterocycles. The van der Waals surface area contributed by atoms with Crippen molar-refractivity contribution in [1.82, 2.24) is 5.32 Å². The molecule has 1 fully saturated rings. The van der Waals surface area contributed by atoms with Crippen LogP contribution in [0.25, 0.3) is 0 Å². The van der Waals surface area contributed by atoms with Crippen molar-refractivity contribution in [3.05, 3.63) is 29.8 Å². The Kier molecular flexibility index (Phi) is 3.10. The van der Waals surface area contributed by atoms with Crippen LogP contribution in [0.2, 0.25) is 0 Å². The van der Waals surface area contributed by atoms with Crippen LogP contribution in [0.1, 0.15) is 12.0 Å². The average molecular weight is 220 g/mol. The van der Waals surface area contributed by atoms with Gasteiger partial charge in [-0.05, 0) is 24.1 Å². The van der Waals surface area contributed by atoms with Crippen molar-refractivity contribution in [2.75, 3.05) is 7.11 Å². The van der Waals surface area contributed by atoms with Crippen molar-refractivity contribution in [3.8, 4) is 5.75 Å². The fourth-order valence-corrected chi connectivity index (χ4v) is 1.58. The number of ether oxygens (including phenoxy) is 1. The predicted molar refractivity (Wildman–Crippen MR) is 60.9 cm³/mol. The number of methoxy groups -OCH3 is 1. The van der Waals surface area contributed by atoms with Gasteiger partial charge in [-0.2, -0.15) is 0 Å². The molecule has 0 radical (unpaired) electrons. The van der Waals surface area contributed by atoms with E-state index in [1.165, 1.54) is 0 Å². The summed E-state index contributed by atoms with van der Waals surface area (Å²) >= 11 is 0. The van der Waals surface area contributed by atoms with Crippen LogP contribution in [0.5, 0.6) is 5.75 Å². The summed E-state index contributed by atoms with van der Waals surface area (Å²) in [5, 5.41) is 2.87. The normalized spacial score (nSPS) is 22.6. The van der Waals surface area contributed by atoms with Gasteiger partial charge in [0.2, 0.25) is 5.91 Å². The number of carbonyl (C=O) groups is 1. The van der Waals surface area contributed by atoms with E-state index in [1.807, 2.05) is 24.3 Å². The number of nitrogens with two attached hydrogens (primary N) is 1. The molecule has 1 aliphatic rings. The Hall–Kier alpha value is -1.55. The number of hydrogen-bond acceptors (Lipinski definition) is 3. The van der Waals surface area contributed by atoms with E-state index in [0.29, 0.717) is 6.54 Å². The van der Waals surface area contributed by atoms with Gasteiger partial charge in [-0.1, -0.05) is 12.1 Å². The molecule has 0 spiro atoms. The molecule has 1 saturated carbocycles. The summed E-state index contributed by atoms with van der Waals surface area (Å²) in [7, 11) is 1.63. The zero-order valence-electron chi connectivity index (χ0n) is 9.27. The van der Waals surface area contributed by atoms with Crippen LogP contribution in [0.4, 0.5) is 0 Å². The average Bonchev–Trinajstić information content (AvgIpc) is 3.04. The number of benzene rings is 1. The highest BCUT2D eigenvalue weighted by atomic mass is 16.5. The maximum Gasteiger partial charge on any atom is 0.225 e. The summed E-state index contributed by atoms with van der Waals surface area (Å²) in [5.74, 6) is 0.904. The summed E-state index contributed by atoms with van der Waals surface area (Å²) in [6.45, 7) is 0.548. The highest BCUT2D eigenvalue weighted by molar-refractivity contribution is 5.82. The van der Waals surface area contributed by atoms with Crippen molar-refractivity contribution < 1.29 is 9.53 Å². The fraction of sp³-hybridized carbons (Fsp3) is 0.417. The molecular weight excluding hydrogens is 204 g/mol. The third-order valence-corrected chi connectivity index (χ3v) is 2.80. The number of carbonyl (C=O) groups excluding carboxylic acids is 1. The van der Waals surface area contributed by atoms with Gasteiger partial charge < -0.3 is 15.8 Å². The highest BCUT2D eigenvalue weighted by Gasteiger charge is 2.39. The summed E-state index contributed by atoms with van der Waals surface area (Å²) < 4.78 is 5.05. The van der Waals surface area contributed by atoms with E-state index in [0.717, 1.165) is 17.7 Å². The minimum absolute atomic E-state index is 0.0262. The van der Waals surface area contributed by atoms with Crippen molar-refractivity contribution in [1.29, 1.82) is 0 Å². The Morgan fingerprint density at radius 2 is 2.12 bits per heavy atom. The van der Waals surface area contributed by atoms with E-state index in [-0.39, 0.29) is 17.9 Å². The first-order chi connectivity index (χ1) is 7.70. The molecule has 2 rings (SSSR count). The number of hydrogen-bond donors (Lipinski definition) is 2. The second-order valence-corrected chi connectivity index (χ2v) is 4.07. The Balaban J connectivity index is 1.82. The van der Waals surface area contributed by atoms with Gasteiger partial charge in [-0.3, -0.25) is 4.79 Å². The number of nitrogens with one attached hydrogen (secondary N) is 1. The molecule has 0 aliphatic heterocycles. The molecule has 0 heterocycles. The minimum atomic E-state index is 0.0262. The zero-order chi connectivity index (χ0) is 11.5. The maximum absolute atomic E-state index is 11.5. The monoisotopic (exact) mass is 220 g/mol. The molecule has 2 atom stereocenters. The van der Waals surface area contributed by atoms with Crippen LogP contribution in [-0.4, -0.2) is 19.1 Å². The van der Waals surface area contributed by atoms with Gasteiger partial charge in [-0.15, -0.1) is 0 Å². The molecule has 0 saturated heterocycles. The molecule has 4 nitrogen and oxygen atoms in total. The topological polar surface area (TPSA) is 64.3 Å². The van der Waals surface area contributed by atoms with Crippen molar-refractivity contribution in [2.24, 2.45) is 11.7 Å². The second kappa shape index (κ2) is 4.53. The predicted octanol–water partition coefficient (Wildman–Crippen LogP) is 0.659. The Morgan fingerprint density at radius 1 is 1.50 bits per heavy atom. The Bertz CT molecular complexity index is 375. The summed E-state index contributed by atoms with van der Waals surface area (Å²) in [6, 6.07) is 7.70. The molecule has 1 aromatic carbocycles. The first-order valence-corrected chi connectivity index (χ1v) is 5.37. The van der Waals surface area contributed by atoms with E-state index < -0.39 is 0 Å². The third kappa shape index (κ3) is 2.52. The molecule has 1 aliphatic carbocycles. The Labute approximate surface area is 94.8 Å². The van der Waals surface area contributed by atoms with Crippen molar-refractivity contribution in [3.63, 3.8) is 0 Å². The van der Waals surface area contributed by atoms with Crippen molar-refractivity contribution >= 4 is 5.91 Å². The molecule has 1 amide bonds. The van der Waals surface area contributed by atoms with Gasteiger partial charge in [0.1, 0.15) is 5.75 Å². The lowest BCUT2D eigenvalue weighted by atomic mass is 10.2. The molecular formula is C12H16N2O2. The van der Waals surface area contributed by atoms with Gasteiger partial charge in [0.15, 0.2) is 0 Å². The highest BCUT2D eigenvalue weighted by Crippen LogP contribution is 2.27. The lowest BCUT2D eigenvalue weighted by Gasteiger charge is -2.05. The van der Waals surface area contributed by atoms with E-state index >= 15 is 0 Å². The zero-order valence-corrected chi connectivity index (χ0v) is 9.27. The molecule has 1 aromatic rings. The molecule has 86 valence electrons. The van der Waals surface area contributed by atoms with Gasteiger partial charge >= 0.3 is 0 Å². The minimum Gasteiger partial charge on any atom is -0.497 e. The standard InChI is InChI=1S/C12H16N2O2/c1-16-9-4-2-8(3-5-9)7-14-12(15)10-6-11(10)13/h2-5,10-11H,6-7,13H2,1H3,(H,14,15). The van der Waals surface area contributed by atoms with Crippen LogP contribution in [0.3, 0.4) is 0 Å². The quantitative estimate of drug-likeness (QED) is 0.783. The molecule has 0 bridgehead atoms. The molecule has 4 heteroatoms. The van der Waals surface area contributed by atoms with Crippen LogP contribution >= 0.6 is 0 Å². The lowest BCUT2D eigenvalue weighted by Crippen LogP contribution is -2.26. The van der Waals surface area contributed by atoms with Crippen LogP contribution < -0.4 is 15.8 Å². The molecule has 3 N–H and O–H groups in total. The molecule has 16 heavy (non-hydrogen) atoms. The van der Waals surface area contributed by atoms with Crippen LogP contribution in [0, 0.1) is 5.92 Å². The largest absolute Gasteiger partial charge is 0.497 e. The van der Waals surface area contributed by atoms with Gasteiger partial charge in [0.25, 0.3) is 0 Å². The van der Waals surface area contributed by atoms with Gasteiger partial charge in [0.05, 0.1) is 13.0 Å². The summed E-state index contributed by atoms with van der Waals surface area (Å²) in [6.07, 6.45) is 0.814. The molecule has 2 unspecified atom stereocenters. The van der Waals surface area contributed by atoms with E-state index in [2.05, 4.69) is 5.32 Å². The second-order valence-electron chi connectivity index (χ2n) is 4.07. The summed E-state index contributed by atoms with van der Waals surface area (Å²) in [4.78, 5) is 11.5. The summed E-state index contributed by atoms with van der Waals surface area (Å²) in [5.41, 5.74) is 6.66. The SMILES string of the molecule is COc1ccc(CNC(=O)C2CC2N)cc1. The van der Waals surface area contributed by atoms with E-state index in [4.69, 9.17) is 10.5 Å². The number of amides is 1.